The van der Waals surface area contributed by atoms with Gasteiger partial charge in [0.2, 0.25) is 0 Å². The number of carbonyl (C=O) groups is 2. The van der Waals surface area contributed by atoms with E-state index in [0.717, 1.165) is 4.47 Å². The number of hydrogen-bond donors (Lipinski definition) is 1. The number of hydrogen-bond acceptors (Lipinski definition) is 4. The molecule has 4 nitrogen and oxygen atoms in total. The highest BCUT2D eigenvalue weighted by Gasteiger charge is 2.42. The summed E-state index contributed by atoms with van der Waals surface area (Å²) in [6.45, 7) is 0. The third kappa shape index (κ3) is 2.55. The Kier molecular flexibility index (Phi) is 3.81. The van der Waals surface area contributed by atoms with Crippen LogP contribution in [-0.2, 0) is 14.3 Å². The molecule has 0 saturated carbocycles. The molecule has 22 heavy (non-hydrogen) atoms. The number of ether oxygens (including phenoxy) is 1. The maximum atomic E-state index is 12.1. The van der Waals surface area contributed by atoms with Crippen LogP contribution in [-0.4, -0.2) is 16.9 Å². The fraction of sp³-hybridized carbons (Fsp3) is 0.0588. The van der Waals surface area contributed by atoms with E-state index in [0.29, 0.717) is 11.1 Å². The molecular formula is C17H11BrO4. The van der Waals surface area contributed by atoms with E-state index in [-0.39, 0.29) is 11.3 Å². The highest BCUT2D eigenvalue weighted by atomic mass is 79.9. The van der Waals surface area contributed by atoms with E-state index in [1.807, 2.05) is 6.07 Å². The Morgan fingerprint density at radius 2 is 1.64 bits per heavy atom. The lowest BCUT2D eigenvalue weighted by molar-refractivity contribution is -0.149. The van der Waals surface area contributed by atoms with E-state index in [9.17, 15) is 14.7 Å². The van der Waals surface area contributed by atoms with Crippen molar-refractivity contribution in [3.8, 4) is 0 Å². The Labute approximate surface area is 135 Å². The van der Waals surface area contributed by atoms with E-state index in [4.69, 9.17) is 4.74 Å². The van der Waals surface area contributed by atoms with Gasteiger partial charge >= 0.3 is 5.97 Å². The summed E-state index contributed by atoms with van der Waals surface area (Å²) in [6.07, 6.45) is -0.884. The molecule has 5 heteroatoms. The molecule has 0 aliphatic carbocycles. The number of Topliss-reactive ketones (excluding diaryl/α,β-unsaturated/α-hetero) is 1. The van der Waals surface area contributed by atoms with Gasteiger partial charge in [0.05, 0.1) is 5.57 Å². The molecule has 0 aromatic heterocycles. The largest absolute Gasteiger partial charge is 0.507 e. The predicted octanol–water partition coefficient (Wildman–Crippen LogP) is 3.59. The smallest absolute Gasteiger partial charge is 0.380 e. The Hall–Kier alpha value is -2.40. The molecule has 0 radical (unpaired) electrons. The molecule has 3 rings (SSSR count). The van der Waals surface area contributed by atoms with Gasteiger partial charge in [-0.1, -0.05) is 58.4 Å². The maximum Gasteiger partial charge on any atom is 0.380 e. The first-order valence-corrected chi connectivity index (χ1v) is 7.36. The van der Waals surface area contributed by atoms with Crippen molar-refractivity contribution in [1.29, 1.82) is 0 Å². The zero-order valence-corrected chi connectivity index (χ0v) is 12.9. The Morgan fingerprint density at radius 3 is 2.27 bits per heavy atom. The molecule has 1 atom stereocenters. The highest BCUT2D eigenvalue weighted by molar-refractivity contribution is 9.10. The first kappa shape index (κ1) is 14.5. The van der Waals surface area contributed by atoms with Crippen LogP contribution in [0.1, 0.15) is 17.2 Å². The number of benzene rings is 2. The topological polar surface area (TPSA) is 63.6 Å². The first-order chi connectivity index (χ1) is 10.6. The normalized spacial score (nSPS) is 20.0. The fourth-order valence-electron chi connectivity index (χ4n) is 2.31. The van der Waals surface area contributed by atoms with Crippen molar-refractivity contribution in [3.05, 3.63) is 75.8 Å². The second-order valence-electron chi connectivity index (χ2n) is 4.79. The monoisotopic (exact) mass is 358 g/mol. The van der Waals surface area contributed by atoms with Crippen LogP contribution in [0.4, 0.5) is 0 Å². The van der Waals surface area contributed by atoms with Gasteiger partial charge in [-0.25, -0.2) is 4.79 Å². The second-order valence-corrected chi connectivity index (χ2v) is 5.71. The number of rotatable bonds is 2. The van der Waals surface area contributed by atoms with Crippen molar-refractivity contribution >= 4 is 33.4 Å². The average Bonchev–Trinajstić information content (AvgIpc) is 2.84. The van der Waals surface area contributed by atoms with E-state index >= 15 is 0 Å². The number of esters is 1. The average molecular weight is 359 g/mol. The van der Waals surface area contributed by atoms with Gasteiger partial charge in [-0.2, -0.15) is 0 Å². The molecule has 110 valence electrons. The van der Waals surface area contributed by atoms with Gasteiger partial charge in [0.15, 0.2) is 6.10 Å². The number of carbonyl (C=O) groups excluding carboxylic acids is 2. The van der Waals surface area contributed by atoms with Crippen molar-refractivity contribution < 1.29 is 19.4 Å². The third-order valence-electron chi connectivity index (χ3n) is 3.39. The zero-order chi connectivity index (χ0) is 15.7. The maximum absolute atomic E-state index is 12.1. The lowest BCUT2D eigenvalue weighted by Crippen LogP contribution is -2.08. The van der Waals surface area contributed by atoms with Crippen molar-refractivity contribution in [1.82, 2.24) is 0 Å². The molecule has 1 N–H and O–H groups in total. The Bertz CT molecular complexity index is 763. The SMILES string of the molecule is O=C1OC(c2ccccc2)C(=C(O)c2ccc(Br)cc2)C1=O. The Morgan fingerprint density at radius 1 is 1.00 bits per heavy atom. The van der Waals surface area contributed by atoms with Gasteiger partial charge in [-0.3, -0.25) is 4.79 Å². The van der Waals surface area contributed by atoms with Crippen LogP contribution in [0.2, 0.25) is 0 Å². The molecule has 0 spiro atoms. The molecule has 1 aliphatic rings. The number of ketones is 1. The Balaban J connectivity index is 2.11. The lowest BCUT2D eigenvalue weighted by Gasteiger charge is -2.12. The minimum Gasteiger partial charge on any atom is -0.507 e. The van der Waals surface area contributed by atoms with Crippen molar-refractivity contribution in [2.24, 2.45) is 0 Å². The van der Waals surface area contributed by atoms with E-state index in [2.05, 4.69) is 15.9 Å². The second kappa shape index (κ2) is 5.77. The van der Waals surface area contributed by atoms with Crippen LogP contribution in [0.15, 0.2) is 64.6 Å². The van der Waals surface area contributed by atoms with E-state index < -0.39 is 17.9 Å². The van der Waals surface area contributed by atoms with E-state index in [1.54, 1.807) is 48.5 Å². The number of aliphatic hydroxyl groups excluding tert-OH is 1. The summed E-state index contributed by atoms with van der Waals surface area (Å²) in [5.74, 6) is -2.00. The van der Waals surface area contributed by atoms with Crippen LogP contribution in [0.25, 0.3) is 5.76 Å². The summed E-state index contributed by atoms with van der Waals surface area (Å²) in [6, 6.07) is 15.7. The van der Waals surface area contributed by atoms with Gasteiger partial charge in [-0.05, 0) is 17.7 Å². The molecule has 1 heterocycles. The van der Waals surface area contributed by atoms with Crippen LogP contribution >= 0.6 is 15.9 Å². The molecule has 2 aromatic carbocycles. The molecule has 2 aromatic rings. The van der Waals surface area contributed by atoms with Crippen LogP contribution in [0.3, 0.4) is 0 Å². The summed E-state index contributed by atoms with van der Waals surface area (Å²) in [5.41, 5.74) is 1.06. The number of aliphatic hydroxyl groups is 1. The predicted molar refractivity (Wildman–Crippen MR) is 84.0 cm³/mol. The molecule has 1 saturated heterocycles. The first-order valence-electron chi connectivity index (χ1n) is 6.57. The standard InChI is InChI=1S/C17H11BrO4/c18-12-8-6-10(7-9-12)14(19)13-15(20)17(21)22-16(13)11-4-2-1-3-5-11/h1-9,16,19H. The molecule has 0 bridgehead atoms. The van der Waals surface area contributed by atoms with Crippen LogP contribution in [0.5, 0.6) is 0 Å². The van der Waals surface area contributed by atoms with Gasteiger partial charge in [-0.15, -0.1) is 0 Å². The summed E-state index contributed by atoms with van der Waals surface area (Å²) in [7, 11) is 0. The van der Waals surface area contributed by atoms with Crippen LogP contribution in [0, 0.1) is 0 Å². The van der Waals surface area contributed by atoms with Gasteiger partial charge < -0.3 is 9.84 Å². The summed E-state index contributed by atoms with van der Waals surface area (Å²) in [4.78, 5) is 23.7. The molecule has 1 aliphatic heterocycles. The summed E-state index contributed by atoms with van der Waals surface area (Å²) < 4.78 is 5.97. The number of cyclic esters (lactones) is 1. The minimum atomic E-state index is -0.951. The lowest BCUT2D eigenvalue weighted by atomic mass is 9.97. The fourth-order valence-corrected chi connectivity index (χ4v) is 2.57. The summed E-state index contributed by atoms with van der Waals surface area (Å²) in [5, 5.41) is 10.4. The molecule has 0 amide bonds. The zero-order valence-electron chi connectivity index (χ0n) is 11.3. The number of halogens is 1. The van der Waals surface area contributed by atoms with E-state index in [1.165, 1.54) is 0 Å². The van der Waals surface area contributed by atoms with Crippen molar-refractivity contribution in [2.75, 3.05) is 0 Å². The van der Waals surface area contributed by atoms with Gasteiger partial charge in [0.1, 0.15) is 5.76 Å². The minimum absolute atomic E-state index is 0.0291. The quantitative estimate of drug-likeness (QED) is 0.385. The molecule has 1 fully saturated rings. The van der Waals surface area contributed by atoms with Crippen molar-refractivity contribution in [2.45, 2.75) is 6.10 Å². The van der Waals surface area contributed by atoms with Crippen molar-refractivity contribution in [3.63, 3.8) is 0 Å². The molecular weight excluding hydrogens is 348 g/mol. The van der Waals surface area contributed by atoms with Crippen LogP contribution < -0.4 is 0 Å². The summed E-state index contributed by atoms with van der Waals surface area (Å²) >= 11 is 3.30. The molecule has 1 unspecified atom stereocenters. The highest BCUT2D eigenvalue weighted by Crippen LogP contribution is 2.36. The third-order valence-corrected chi connectivity index (χ3v) is 3.92. The van der Waals surface area contributed by atoms with Gasteiger partial charge in [0, 0.05) is 10.0 Å². The van der Waals surface area contributed by atoms with Gasteiger partial charge in [0.25, 0.3) is 5.78 Å².